The highest BCUT2D eigenvalue weighted by atomic mass is 32.1. The predicted octanol–water partition coefficient (Wildman–Crippen LogP) is 1.68. The Morgan fingerprint density at radius 2 is 2.36 bits per heavy atom. The monoisotopic (exact) mass is 210 g/mol. The molecule has 0 amide bonds. The smallest absolute Gasteiger partial charge is 0.212 e. The lowest BCUT2D eigenvalue weighted by Gasteiger charge is -2.01. The number of nitrogens with zero attached hydrogens (tertiary/aromatic N) is 3. The lowest BCUT2D eigenvalue weighted by Crippen LogP contribution is -2.00. The number of rotatable bonds is 3. The van der Waals surface area contributed by atoms with Crippen LogP contribution in [0.5, 0.6) is 0 Å². The molecular formula is C8H7FN4S. The molecule has 0 aliphatic heterocycles. The second-order valence-electron chi connectivity index (χ2n) is 2.62. The summed E-state index contributed by atoms with van der Waals surface area (Å²) in [5.41, 5.74) is 1.62. The summed E-state index contributed by atoms with van der Waals surface area (Å²) >= 11 is 1.30. The van der Waals surface area contributed by atoms with Crippen LogP contribution in [0, 0.1) is 5.95 Å². The van der Waals surface area contributed by atoms with Gasteiger partial charge in [-0.3, -0.25) is 0 Å². The van der Waals surface area contributed by atoms with Gasteiger partial charge >= 0.3 is 0 Å². The standard InChI is InChI=1S/C8H7FN4S/c9-8-2-1-6(3-11-8)10-4-7-5-14-13-12-7/h1-3,5,10H,4H2. The van der Waals surface area contributed by atoms with Crippen molar-refractivity contribution in [1.82, 2.24) is 14.6 Å². The van der Waals surface area contributed by atoms with Gasteiger partial charge in [0.05, 0.1) is 24.1 Å². The van der Waals surface area contributed by atoms with E-state index in [0.29, 0.717) is 6.54 Å². The van der Waals surface area contributed by atoms with Gasteiger partial charge in [-0.2, -0.15) is 4.39 Å². The highest BCUT2D eigenvalue weighted by Crippen LogP contribution is 2.07. The summed E-state index contributed by atoms with van der Waals surface area (Å²) in [4.78, 5) is 3.52. The van der Waals surface area contributed by atoms with Crippen molar-refractivity contribution >= 4 is 17.2 Å². The number of nitrogens with one attached hydrogen (secondary N) is 1. The molecule has 0 spiro atoms. The van der Waals surface area contributed by atoms with Crippen molar-refractivity contribution in [2.24, 2.45) is 0 Å². The van der Waals surface area contributed by atoms with Gasteiger partial charge in [0, 0.05) is 5.38 Å². The van der Waals surface area contributed by atoms with E-state index in [0.717, 1.165) is 11.4 Å². The molecule has 4 nitrogen and oxygen atoms in total. The molecule has 0 aromatic carbocycles. The summed E-state index contributed by atoms with van der Waals surface area (Å²) in [6.45, 7) is 0.573. The van der Waals surface area contributed by atoms with Crippen molar-refractivity contribution in [3.8, 4) is 0 Å². The van der Waals surface area contributed by atoms with Crippen LogP contribution in [0.2, 0.25) is 0 Å². The van der Waals surface area contributed by atoms with Gasteiger partial charge in [-0.15, -0.1) is 5.10 Å². The van der Waals surface area contributed by atoms with Crippen LogP contribution in [0.3, 0.4) is 0 Å². The van der Waals surface area contributed by atoms with Crippen molar-refractivity contribution in [3.05, 3.63) is 35.4 Å². The average Bonchev–Trinajstić information content (AvgIpc) is 2.70. The molecule has 2 heterocycles. The Kier molecular flexibility index (Phi) is 2.64. The summed E-state index contributed by atoms with van der Waals surface area (Å²) < 4.78 is 16.2. The number of halogens is 1. The number of aromatic nitrogens is 3. The van der Waals surface area contributed by atoms with E-state index < -0.39 is 5.95 Å². The van der Waals surface area contributed by atoms with Crippen LogP contribution < -0.4 is 5.32 Å². The summed E-state index contributed by atoms with van der Waals surface area (Å²) in [5.74, 6) is -0.481. The van der Waals surface area contributed by atoms with Gasteiger partial charge in [0.15, 0.2) is 0 Å². The number of pyridine rings is 1. The van der Waals surface area contributed by atoms with E-state index in [1.165, 1.54) is 23.8 Å². The fourth-order valence-corrected chi connectivity index (χ4v) is 1.39. The van der Waals surface area contributed by atoms with Crippen molar-refractivity contribution < 1.29 is 4.39 Å². The SMILES string of the molecule is Fc1ccc(NCc2csnn2)cn1. The molecule has 2 aromatic rings. The predicted molar refractivity (Wildman–Crippen MR) is 51.4 cm³/mol. The van der Waals surface area contributed by atoms with E-state index in [-0.39, 0.29) is 0 Å². The van der Waals surface area contributed by atoms with Gasteiger partial charge in [-0.05, 0) is 23.7 Å². The maximum Gasteiger partial charge on any atom is 0.212 e. The summed E-state index contributed by atoms with van der Waals surface area (Å²) in [7, 11) is 0. The first-order valence-corrected chi connectivity index (χ1v) is 4.79. The van der Waals surface area contributed by atoms with Gasteiger partial charge in [-0.1, -0.05) is 4.49 Å². The largest absolute Gasteiger partial charge is 0.378 e. The Balaban J connectivity index is 1.95. The Bertz CT molecular complexity index is 386. The third-order valence-corrected chi connectivity index (χ3v) is 2.16. The Morgan fingerprint density at radius 3 is 3.00 bits per heavy atom. The summed E-state index contributed by atoms with van der Waals surface area (Å²) in [5, 5.41) is 8.76. The zero-order valence-electron chi connectivity index (χ0n) is 7.14. The minimum Gasteiger partial charge on any atom is -0.378 e. The maximum atomic E-state index is 12.4. The molecule has 14 heavy (non-hydrogen) atoms. The van der Waals surface area contributed by atoms with E-state index >= 15 is 0 Å². The molecule has 0 aliphatic rings. The van der Waals surface area contributed by atoms with Gasteiger partial charge in [0.1, 0.15) is 0 Å². The Morgan fingerprint density at radius 1 is 1.43 bits per heavy atom. The molecule has 2 aromatic heterocycles. The van der Waals surface area contributed by atoms with Crippen LogP contribution in [0.4, 0.5) is 10.1 Å². The average molecular weight is 210 g/mol. The van der Waals surface area contributed by atoms with Crippen LogP contribution >= 0.6 is 11.5 Å². The molecular weight excluding hydrogens is 203 g/mol. The molecule has 0 radical (unpaired) electrons. The molecule has 72 valence electrons. The van der Waals surface area contributed by atoms with Crippen LogP contribution in [-0.4, -0.2) is 14.6 Å². The van der Waals surface area contributed by atoms with E-state index in [2.05, 4.69) is 19.9 Å². The van der Waals surface area contributed by atoms with Gasteiger partial charge in [0.25, 0.3) is 0 Å². The van der Waals surface area contributed by atoms with Crippen LogP contribution in [0.25, 0.3) is 0 Å². The van der Waals surface area contributed by atoms with E-state index in [1.807, 2.05) is 5.38 Å². The third-order valence-electron chi connectivity index (χ3n) is 1.61. The van der Waals surface area contributed by atoms with Gasteiger partial charge < -0.3 is 5.32 Å². The van der Waals surface area contributed by atoms with Crippen molar-refractivity contribution in [2.45, 2.75) is 6.54 Å². The molecule has 2 rings (SSSR count). The minimum absolute atomic E-state index is 0.481. The van der Waals surface area contributed by atoms with Crippen LogP contribution in [0.1, 0.15) is 5.69 Å². The molecule has 0 bridgehead atoms. The second-order valence-corrected chi connectivity index (χ2v) is 3.23. The van der Waals surface area contributed by atoms with Crippen molar-refractivity contribution in [3.63, 3.8) is 0 Å². The molecule has 6 heteroatoms. The molecule has 0 unspecified atom stereocenters. The molecule has 0 fully saturated rings. The highest BCUT2D eigenvalue weighted by molar-refractivity contribution is 7.03. The topological polar surface area (TPSA) is 50.7 Å². The number of hydrogen-bond acceptors (Lipinski definition) is 5. The highest BCUT2D eigenvalue weighted by Gasteiger charge is 1.97. The van der Waals surface area contributed by atoms with E-state index in [1.54, 1.807) is 6.07 Å². The van der Waals surface area contributed by atoms with Gasteiger partial charge in [-0.25, -0.2) is 4.98 Å². The lowest BCUT2D eigenvalue weighted by molar-refractivity contribution is 0.584. The Hall–Kier alpha value is -1.56. The fraction of sp³-hybridized carbons (Fsp3) is 0.125. The first kappa shape index (κ1) is 9.01. The normalized spacial score (nSPS) is 10.1. The minimum atomic E-state index is -0.481. The van der Waals surface area contributed by atoms with E-state index in [4.69, 9.17) is 0 Å². The lowest BCUT2D eigenvalue weighted by atomic mass is 10.4. The molecule has 1 N–H and O–H groups in total. The van der Waals surface area contributed by atoms with E-state index in [9.17, 15) is 4.39 Å². The Labute approximate surface area is 84.0 Å². The molecule has 0 atom stereocenters. The number of hydrogen-bond donors (Lipinski definition) is 1. The van der Waals surface area contributed by atoms with Gasteiger partial charge in [0.2, 0.25) is 5.95 Å². The van der Waals surface area contributed by atoms with Crippen LogP contribution in [0.15, 0.2) is 23.7 Å². The van der Waals surface area contributed by atoms with Crippen LogP contribution in [-0.2, 0) is 6.54 Å². The maximum absolute atomic E-state index is 12.4. The summed E-state index contributed by atoms with van der Waals surface area (Å²) in [6, 6.07) is 2.93. The zero-order chi connectivity index (χ0) is 9.80. The quantitative estimate of drug-likeness (QED) is 0.783. The van der Waals surface area contributed by atoms with Crippen molar-refractivity contribution in [1.29, 1.82) is 0 Å². The first-order chi connectivity index (χ1) is 6.84. The fourth-order valence-electron chi connectivity index (χ4n) is 0.934. The summed E-state index contributed by atoms with van der Waals surface area (Å²) in [6.07, 6.45) is 1.44. The van der Waals surface area contributed by atoms with Crippen molar-refractivity contribution in [2.75, 3.05) is 5.32 Å². The zero-order valence-corrected chi connectivity index (χ0v) is 7.96. The molecule has 0 aliphatic carbocycles. The molecule has 0 saturated carbocycles. The first-order valence-electron chi connectivity index (χ1n) is 3.96. The molecule has 0 saturated heterocycles. The number of anilines is 1. The third kappa shape index (κ3) is 2.23. The second kappa shape index (κ2) is 4.10.